The highest BCUT2D eigenvalue weighted by Gasteiger charge is 2.05. The zero-order valence-electron chi connectivity index (χ0n) is 11.0. The summed E-state index contributed by atoms with van der Waals surface area (Å²) in [6, 6.07) is 8.72. The van der Waals surface area contributed by atoms with Crippen LogP contribution in [0.15, 0.2) is 30.8 Å². The second-order valence-corrected chi connectivity index (χ2v) is 3.93. The highest BCUT2D eigenvalue weighted by molar-refractivity contribution is 5.85. The fourth-order valence-electron chi connectivity index (χ4n) is 1.88. The highest BCUT2D eigenvalue weighted by Crippen LogP contribution is 2.23. The van der Waals surface area contributed by atoms with E-state index in [2.05, 4.69) is 49.4 Å². The fraction of sp³-hybridized carbons (Fsp3) is 0.333. The van der Waals surface area contributed by atoms with E-state index in [1.165, 1.54) is 22.2 Å². The van der Waals surface area contributed by atoms with Gasteiger partial charge < -0.3 is 4.57 Å². The van der Waals surface area contributed by atoms with Gasteiger partial charge in [-0.15, -0.1) is 0 Å². The molecule has 1 heteroatoms. The molecule has 0 aliphatic heterocycles. The zero-order valence-corrected chi connectivity index (χ0v) is 11.0. The van der Waals surface area contributed by atoms with E-state index in [1.807, 2.05) is 20.8 Å². The van der Waals surface area contributed by atoms with Crippen molar-refractivity contribution in [2.45, 2.75) is 27.7 Å². The molecule has 2 aromatic rings. The molecule has 16 heavy (non-hydrogen) atoms. The summed E-state index contributed by atoms with van der Waals surface area (Å²) in [5.41, 5.74) is 4.90. The number of rotatable bonds is 1. The average molecular weight is 215 g/mol. The molecule has 2 rings (SSSR count). The van der Waals surface area contributed by atoms with Crippen LogP contribution in [0.4, 0.5) is 0 Å². The lowest BCUT2D eigenvalue weighted by Crippen LogP contribution is -1.92. The first-order valence-corrected chi connectivity index (χ1v) is 5.81. The first-order valence-electron chi connectivity index (χ1n) is 5.81. The molecule has 0 saturated heterocycles. The van der Waals surface area contributed by atoms with Gasteiger partial charge in [-0.25, -0.2) is 0 Å². The van der Waals surface area contributed by atoms with Gasteiger partial charge in [0.25, 0.3) is 0 Å². The van der Waals surface area contributed by atoms with Gasteiger partial charge in [-0.2, -0.15) is 0 Å². The number of nitrogens with zero attached hydrogens (tertiary/aromatic N) is 1. The van der Waals surface area contributed by atoms with E-state index >= 15 is 0 Å². The lowest BCUT2D eigenvalue weighted by Gasteiger charge is -2.02. The molecule has 0 spiro atoms. The molecular weight excluding hydrogens is 194 g/mol. The third-order valence-corrected chi connectivity index (χ3v) is 2.64. The summed E-state index contributed by atoms with van der Waals surface area (Å²) in [6.07, 6.45) is 0. The number of hydrogen-bond donors (Lipinski definition) is 0. The molecule has 0 unspecified atom stereocenters. The third-order valence-electron chi connectivity index (χ3n) is 2.64. The SMILES string of the molecule is C=C(C)c1cc2cc(C)ccc2n1C.CC. The van der Waals surface area contributed by atoms with Gasteiger partial charge in [0.05, 0.1) is 0 Å². The van der Waals surface area contributed by atoms with Gasteiger partial charge in [0, 0.05) is 23.6 Å². The van der Waals surface area contributed by atoms with Crippen LogP contribution in [0.1, 0.15) is 32.0 Å². The molecule has 0 amide bonds. The van der Waals surface area contributed by atoms with Gasteiger partial charge in [0.2, 0.25) is 0 Å². The molecule has 0 aliphatic rings. The molecule has 0 fully saturated rings. The Kier molecular flexibility index (Phi) is 3.94. The third kappa shape index (κ3) is 2.19. The lowest BCUT2D eigenvalue weighted by molar-refractivity contribution is 0.947. The van der Waals surface area contributed by atoms with Gasteiger partial charge in [0.1, 0.15) is 0 Å². The number of aromatic nitrogens is 1. The quantitative estimate of drug-likeness (QED) is 0.658. The van der Waals surface area contributed by atoms with Crippen LogP contribution in [0.5, 0.6) is 0 Å². The summed E-state index contributed by atoms with van der Waals surface area (Å²) in [5, 5.41) is 1.30. The number of fused-ring (bicyclic) bond motifs is 1. The predicted octanol–water partition coefficient (Wildman–Crippen LogP) is 4.55. The lowest BCUT2D eigenvalue weighted by atomic mass is 10.2. The van der Waals surface area contributed by atoms with Crippen LogP contribution >= 0.6 is 0 Å². The molecule has 0 aliphatic carbocycles. The van der Waals surface area contributed by atoms with Crippen molar-refractivity contribution < 1.29 is 0 Å². The summed E-state index contributed by atoms with van der Waals surface area (Å²) >= 11 is 0. The Bertz CT molecular complexity index is 503. The minimum atomic E-state index is 1.11. The normalized spacial score (nSPS) is 9.81. The van der Waals surface area contributed by atoms with Crippen molar-refractivity contribution in [2.75, 3.05) is 0 Å². The maximum Gasteiger partial charge on any atom is 0.0482 e. The van der Waals surface area contributed by atoms with E-state index in [-0.39, 0.29) is 0 Å². The Balaban J connectivity index is 0.000000606. The van der Waals surface area contributed by atoms with Crippen molar-refractivity contribution in [3.8, 4) is 0 Å². The smallest absolute Gasteiger partial charge is 0.0482 e. The Morgan fingerprint density at radius 1 is 1.19 bits per heavy atom. The topological polar surface area (TPSA) is 4.93 Å². The average Bonchev–Trinajstić information content (AvgIpc) is 2.58. The van der Waals surface area contributed by atoms with Crippen LogP contribution in [0.2, 0.25) is 0 Å². The van der Waals surface area contributed by atoms with Gasteiger partial charge in [0.15, 0.2) is 0 Å². The first kappa shape index (κ1) is 12.6. The van der Waals surface area contributed by atoms with Crippen molar-refractivity contribution >= 4 is 16.5 Å². The molecule has 0 atom stereocenters. The number of aryl methyl sites for hydroxylation is 2. The molecule has 1 aromatic carbocycles. The summed E-state index contributed by atoms with van der Waals surface area (Å²) in [5.74, 6) is 0. The molecule has 1 nitrogen and oxygen atoms in total. The van der Waals surface area contributed by atoms with Crippen LogP contribution in [-0.4, -0.2) is 4.57 Å². The van der Waals surface area contributed by atoms with Crippen LogP contribution in [0.3, 0.4) is 0 Å². The van der Waals surface area contributed by atoms with E-state index in [0.717, 1.165) is 5.57 Å². The minimum Gasteiger partial charge on any atom is -0.344 e. The largest absolute Gasteiger partial charge is 0.344 e. The van der Waals surface area contributed by atoms with E-state index in [9.17, 15) is 0 Å². The monoisotopic (exact) mass is 215 g/mol. The van der Waals surface area contributed by atoms with Gasteiger partial charge in [-0.3, -0.25) is 0 Å². The summed E-state index contributed by atoms with van der Waals surface area (Å²) in [7, 11) is 2.08. The standard InChI is InChI=1S/C13H15N.C2H6/c1-9(2)13-8-11-7-10(3)5-6-12(11)14(13)4;1-2/h5-8H,1H2,2-4H3;1-2H3. The second kappa shape index (κ2) is 5.02. The minimum absolute atomic E-state index is 1.11. The number of allylic oxidation sites excluding steroid dienone is 1. The van der Waals surface area contributed by atoms with E-state index < -0.39 is 0 Å². The maximum atomic E-state index is 3.98. The Morgan fingerprint density at radius 2 is 1.81 bits per heavy atom. The van der Waals surface area contributed by atoms with Crippen LogP contribution < -0.4 is 0 Å². The fourth-order valence-corrected chi connectivity index (χ4v) is 1.88. The van der Waals surface area contributed by atoms with E-state index in [1.54, 1.807) is 0 Å². The molecular formula is C15H21N. The summed E-state index contributed by atoms with van der Waals surface area (Å²) in [6.45, 7) is 12.1. The Morgan fingerprint density at radius 3 is 2.38 bits per heavy atom. The molecule has 0 bridgehead atoms. The molecule has 0 radical (unpaired) electrons. The maximum absolute atomic E-state index is 3.98. The van der Waals surface area contributed by atoms with Crippen LogP contribution in [-0.2, 0) is 7.05 Å². The van der Waals surface area contributed by atoms with Crippen molar-refractivity contribution in [3.05, 3.63) is 42.1 Å². The van der Waals surface area contributed by atoms with Crippen LogP contribution in [0.25, 0.3) is 16.5 Å². The predicted molar refractivity (Wildman–Crippen MR) is 73.7 cm³/mol. The number of benzene rings is 1. The molecule has 86 valence electrons. The van der Waals surface area contributed by atoms with Crippen molar-refractivity contribution in [1.29, 1.82) is 0 Å². The zero-order chi connectivity index (χ0) is 12.3. The van der Waals surface area contributed by atoms with Gasteiger partial charge >= 0.3 is 0 Å². The second-order valence-electron chi connectivity index (χ2n) is 3.93. The summed E-state index contributed by atoms with van der Waals surface area (Å²) < 4.78 is 2.19. The Hall–Kier alpha value is -1.50. The van der Waals surface area contributed by atoms with Gasteiger partial charge in [-0.05, 0) is 37.6 Å². The van der Waals surface area contributed by atoms with E-state index in [0.29, 0.717) is 0 Å². The highest BCUT2D eigenvalue weighted by atomic mass is 14.9. The Labute approximate surface area is 98.4 Å². The number of hydrogen-bond acceptors (Lipinski definition) is 0. The van der Waals surface area contributed by atoms with E-state index in [4.69, 9.17) is 0 Å². The summed E-state index contributed by atoms with van der Waals surface area (Å²) in [4.78, 5) is 0. The molecule has 0 N–H and O–H groups in total. The van der Waals surface area contributed by atoms with Crippen molar-refractivity contribution in [1.82, 2.24) is 4.57 Å². The molecule has 0 saturated carbocycles. The first-order chi connectivity index (χ1) is 7.59. The van der Waals surface area contributed by atoms with Gasteiger partial charge in [-0.1, -0.05) is 32.1 Å². The van der Waals surface area contributed by atoms with Crippen molar-refractivity contribution in [3.63, 3.8) is 0 Å². The van der Waals surface area contributed by atoms with Crippen molar-refractivity contribution in [2.24, 2.45) is 7.05 Å². The molecule has 1 heterocycles. The van der Waals surface area contributed by atoms with Crippen LogP contribution in [0, 0.1) is 6.92 Å². The molecule has 1 aromatic heterocycles.